The van der Waals surface area contributed by atoms with Gasteiger partial charge in [0.2, 0.25) is 0 Å². The Labute approximate surface area is 268 Å². The lowest BCUT2D eigenvalue weighted by Gasteiger charge is -2.58. The number of carbonyl (C=O) groups excluding carboxylic acids is 1. The standard InChI is InChI=1S/C41H72O2/c1-7-8-9-10-11-12-13-14-15-16-17-21-39(42)43-34-26-28-40(5)33(30-34)22-23-35-37-25-24-36(32(4)20-18-19-31(2)3)41(37,6)29-27-38(35)40/h22,31-32,34-38H,7-21,23-30H2,1-6H3/t32?,34?,35?,36?,37?,38?,40-,41+/m0/s1. The summed E-state index contributed by atoms with van der Waals surface area (Å²) in [5.74, 6) is 5.34. The fourth-order valence-corrected chi connectivity index (χ4v) is 10.9. The minimum Gasteiger partial charge on any atom is -0.462 e. The lowest BCUT2D eigenvalue weighted by Crippen LogP contribution is -2.51. The molecule has 0 aromatic rings. The summed E-state index contributed by atoms with van der Waals surface area (Å²) in [5.41, 5.74) is 2.54. The molecule has 4 aliphatic carbocycles. The fraction of sp³-hybridized carbons (Fsp3) is 0.927. The van der Waals surface area contributed by atoms with Crippen LogP contribution < -0.4 is 0 Å². The second-order valence-corrected chi connectivity index (χ2v) is 16.9. The molecule has 0 heterocycles. The third-order valence-corrected chi connectivity index (χ3v) is 13.5. The maximum atomic E-state index is 12.7. The highest BCUT2D eigenvalue weighted by Crippen LogP contribution is 2.67. The molecule has 2 nitrogen and oxygen atoms in total. The Balaban J connectivity index is 1.19. The van der Waals surface area contributed by atoms with E-state index in [-0.39, 0.29) is 12.1 Å². The van der Waals surface area contributed by atoms with E-state index in [0.717, 1.165) is 54.8 Å². The highest BCUT2D eigenvalue weighted by Gasteiger charge is 2.59. The van der Waals surface area contributed by atoms with Crippen LogP contribution in [0, 0.1) is 46.3 Å². The van der Waals surface area contributed by atoms with Gasteiger partial charge < -0.3 is 4.74 Å². The third-order valence-electron chi connectivity index (χ3n) is 13.5. The number of carbonyl (C=O) groups is 1. The summed E-state index contributed by atoms with van der Waals surface area (Å²) in [6.07, 6.45) is 32.5. The Morgan fingerprint density at radius 1 is 0.814 bits per heavy atom. The Morgan fingerprint density at radius 2 is 1.49 bits per heavy atom. The van der Waals surface area contributed by atoms with Crippen LogP contribution in [0.5, 0.6) is 0 Å². The summed E-state index contributed by atoms with van der Waals surface area (Å²) in [6, 6.07) is 0. The first-order valence-corrected chi connectivity index (χ1v) is 19.6. The van der Waals surface area contributed by atoms with E-state index in [1.54, 1.807) is 5.57 Å². The van der Waals surface area contributed by atoms with Crippen molar-refractivity contribution in [2.75, 3.05) is 0 Å². The summed E-state index contributed by atoms with van der Waals surface area (Å²) in [5, 5.41) is 0. The number of fused-ring (bicyclic) bond motifs is 5. The molecule has 0 radical (unpaired) electrons. The highest BCUT2D eigenvalue weighted by molar-refractivity contribution is 5.69. The van der Waals surface area contributed by atoms with E-state index in [1.165, 1.54) is 122 Å². The minimum atomic E-state index is 0.0618. The molecular formula is C41H72O2. The highest BCUT2D eigenvalue weighted by atomic mass is 16.5. The largest absolute Gasteiger partial charge is 0.462 e. The van der Waals surface area contributed by atoms with Crippen molar-refractivity contribution in [3.63, 3.8) is 0 Å². The van der Waals surface area contributed by atoms with Crippen molar-refractivity contribution in [3.8, 4) is 0 Å². The molecule has 0 spiro atoms. The van der Waals surface area contributed by atoms with Crippen molar-refractivity contribution in [1.82, 2.24) is 0 Å². The number of unbranched alkanes of at least 4 members (excludes halogenated alkanes) is 10. The Bertz CT molecular complexity index is 873. The first kappa shape index (κ1) is 35.1. The van der Waals surface area contributed by atoms with E-state index >= 15 is 0 Å². The lowest BCUT2D eigenvalue weighted by atomic mass is 9.47. The zero-order valence-electron chi connectivity index (χ0n) is 29.7. The van der Waals surface area contributed by atoms with E-state index in [4.69, 9.17) is 4.74 Å². The molecule has 0 bridgehead atoms. The van der Waals surface area contributed by atoms with Crippen molar-refractivity contribution in [3.05, 3.63) is 11.6 Å². The quantitative estimate of drug-likeness (QED) is 0.0893. The predicted molar refractivity (Wildman–Crippen MR) is 184 cm³/mol. The molecule has 43 heavy (non-hydrogen) atoms. The number of hydrogen-bond acceptors (Lipinski definition) is 2. The van der Waals surface area contributed by atoms with Gasteiger partial charge in [-0.15, -0.1) is 0 Å². The molecule has 0 amide bonds. The Kier molecular flexibility index (Phi) is 13.6. The van der Waals surface area contributed by atoms with E-state index in [9.17, 15) is 4.79 Å². The second kappa shape index (κ2) is 16.7. The van der Waals surface area contributed by atoms with Gasteiger partial charge in [-0.3, -0.25) is 4.79 Å². The molecule has 0 aromatic heterocycles. The molecule has 0 aromatic carbocycles. The van der Waals surface area contributed by atoms with Gasteiger partial charge in [0.15, 0.2) is 0 Å². The molecule has 4 aliphatic rings. The summed E-state index contributed by atoms with van der Waals surface area (Å²) >= 11 is 0. The van der Waals surface area contributed by atoms with Crippen LogP contribution in [0.25, 0.3) is 0 Å². The molecule has 3 fully saturated rings. The van der Waals surface area contributed by atoms with Crippen LogP contribution in [-0.4, -0.2) is 12.1 Å². The van der Waals surface area contributed by atoms with Crippen molar-refractivity contribution in [1.29, 1.82) is 0 Å². The lowest BCUT2D eigenvalue weighted by molar-refractivity contribution is -0.151. The molecule has 6 unspecified atom stereocenters. The zero-order chi connectivity index (χ0) is 30.9. The van der Waals surface area contributed by atoms with Crippen LogP contribution in [0.1, 0.15) is 189 Å². The molecule has 2 heteroatoms. The predicted octanol–water partition coefficient (Wildman–Crippen LogP) is 12.6. The van der Waals surface area contributed by atoms with Gasteiger partial charge in [0.05, 0.1) is 0 Å². The van der Waals surface area contributed by atoms with Crippen LogP contribution in [-0.2, 0) is 9.53 Å². The smallest absolute Gasteiger partial charge is 0.306 e. The molecular weight excluding hydrogens is 524 g/mol. The Morgan fingerprint density at radius 3 is 2.16 bits per heavy atom. The van der Waals surface area contributed by atoms with Gasteiger partial charge in [0.1, 0.15) is 6.10 Å². The minimum absolute atomic E-state index is 0.0618. The first-order chi connectivity index (χ1) is 20.7. The van der Waals surface area contributed by atoms with Gasteiger partial charge in [-0.05, 0) is 97.7 Å². The topological polar surface area (TPSA) is 26.3 Å². The van der Waals surface area contributed by atoms with Crippen LogP contribution in [0.3, 0.4) is 0 Å². The van der Waals surface area contributed by atoms with Crippen molar-refractivity contribution in [2.24, 2.45) is 46.3 Å². The number of hydrogen-bond donors (Lipinski definition) is 0. The van der Waals surface area contributed by atoms with E-state index in [2.05, 4.69) is 47.6 Å². The summed E-state index contributed by atoms with van der Waals surface area (Å²) in [7, 11) is 0. The summed E-state index contributed by atoms with van der Waals surface area (Å²) < 4.78 is 6.11. The van der Waals surface area contributed by atoms with Gasteiger partial charge in [0.25, 0.3) is 0 Å². The molecule has 3 saturated carbocycles. The molecule has 0 N–H and O–H groups in total. The van der Waals surface area contributed by atoms with Gasteiger partial charge in [-0.2, -0.15) is 0 Å². The SMILES string of the molecule is CCCCCCCCCCCCCC(=O)OC1CC[C@@]2(C)C(=CCC3C4CCC(C(C)CCCC(C)C)[C@@]4(C)CCC32)C1. The Hall–Kier alpha value is -0.790. The molecule has 8 atom stereocenters. The van der Waals surface area contributed by atoms with Gasteiger partial charge in [-0.1, -0.05) is 137 Å². The molecule has 0 aliphatic heterocycles. The number of esters is 1. The molecule has 0 saturated heterocycles. The number of allylic oxidation sites excluding steroid dienone is 1. The zero-order valence-corrected chi connectivity index (χ0v) is 29.7. The van der Waals surface area contributed by atoms with Crippen molar-refractivity contribution < 1.29 is 9.53 Å². The number of ether oxygens (including phenoxy) is 1. The van der Waals surface area contributed by atoms with Crippen LogP contribution in [0.15, 0.2) is 11.6 Å². The van der Waals surface area contributed by atoms with Gasteiger partial charge in [-0.25, -0.2) is 0 Å². The second-order valence-electron chi connectivity index (χ2n) is 16.9. The maximum Gasteiger partial charge on any atom is 0.306 e. The van der Waals surface area contributed by atoms with E-state index in [1.807, 2.05) is 0 Å². The third kappa shape index (κ3) is 8.93. The maximum absolute atomic E-state index is 12.7. The fourth-order valence-electron chi connectivity index (χ4n) is 10.9. The van der Waals surface area contributed by atoms with Crippen molar-refractivity contribution in [2.45, 2.75) is 195 Å². The van der Waals surface area contributed by atoms with Crippen molar-refractivity contribution >= 4 is 5.97 Å². The van der Waals surface area contributed by atoms with E-state index in [0.29, 0.717) is 17.3 Å². The molecule has 248 valence electrons. The average molecular weight is 597 g/mol. The van der Waals surface area contributed by atoms with Gasteiger partial charge in [0, 0.05) is 12.8 Å². The summed E-state index contributed by atoms with van der Waals surface area (Å²) in [4.78, 5) is 12.7. The van der Waals surface area contributed by atoms with Crippen LogP contribution >= 0.6 is 0 Å². The van der Waals surface area contributed by atoms with Crippen LogP contribution in [0.2, 0.25) is 0 Å². The first-order valence-electron chi connectivity index (χ1n) is 19.6. The summed E-state index contributed by atoms with van der Waals surface area (Å²) in [6.45, 7) is 14.9. The average Bonchev–Trinajstić information content (AvgIpc) is 3.33. The number of rotatable bonds is 18. The van der Waals surface area contributed by atoms with Crippen LogP contribution in [0.4, 0.5) is 0 Å². The normalized spacial score (nSPS) is 34.3. The van der Waals surface area contributed by atoms with Gasteiger partial charge >= 0.3 is 5.97 Å². The molecule has 4 rings (SSSR count). The van der Waals surface area contributed by atoms with E-state index < -0.39 is 0 Å². The monoisotopic (exact) mass is 597 g/mol.